The van der Waals surface area contributed by atoms with E-state index in [2.05, 4.69) is 10.3 Å². The summed E-state index contributed by atoms with van der Waals surface area (Å²) in [4.78, 5) is 16.2. The van der Waals surface area contributed by atoms with Gasteiger partial charge in [0.25, 0.3) is 0 Å². The number of rotatable bonds is 1. The Balaban J connectivity index is 2.15. The van der Waals surface area contributed by atoms with Gasteiger partial charge in [0.05, 0.1) is 10.4 Å². The molecule has 21 heavy (non-hydrogen) atoms. The normalized spacial score (nSPS) is 18.2. The van der Waals surface area contributed by atoms with Crippen molar-refractivity contribution >= 4 is 28.2 Å². The van der Waals surface area contributed by atoms with Gasteiger partial charge in [-0.25, -0.2) is 4.98 Å². The van der Waals surface area contributed by atoms with E-state index in [1.807, 2.05) is 0 Å². The first kappa shape index (κ1) is 13.9. The van der Waals surface area contributed by atoms with E-state index in [1.165, 1.54) is 18.2 Å². The zero-order valence-corrected chi connectivity index (χ0v) is 11.4. The van der Waals surface area contributed by atoms with Gasteiger partial charge in [0.15, 0.2) is 5.13 Å². The number of nitrogen functional groups attached to an aromatic ring is 1. The number of amides is 1. The van der Waals surface area contributed by atoms with E-state index in [1.54, 1.807) is 0 Å². The molecular formula is C13H10F3N3OS. The number of hydrogen-bond donors (Lipinski definition) is 2. The number of halogens is 3. The summed E-state index contributed by atoms with van der Waals surface area (Å²) in [6.07, 6.45) is -4.53. The van der Waals surface area contributed by atoms with Crippen molar-refractivity contribution in [3.63, 3.8) is 0 Å². The second-order valence-corrected chi connectivity index (χ2v) is 5.72. The highest BCUT2D eigenvalue weighted by Crippen LogP contribution is 2.45. The van der Waals surface area contributed by atoms with E-state index < -0.39 is 17.7 Å². The van der Waals surface area contributed by atoms with Gasteiger partial charge in [-0.3, -0.25) is 4.79 Å². The Bertz CT molecular complexity index is 711. The number of nitrogens with one attached hydrogen (secondary N) is 1. The second kappa shape index (κ2) is 4.73. The zero-order valence-electron chi connectivity index (χ0n) is 10.6. The lowest BCUT2D eigenvalue weighted by Crippen LogP contribution is -2.24. The van der Waals surface area contributed by atoms with Gasteiger partial charge in [0.2, 0.25) is 5.91 Å². The SMILES string of the molecule is Nc1nc2c(s1)[C@H](c1ccccc1C(F)(F)F)CC(=O)N2. The van der Waals surface area contributed by atoms with Crippen LogP contribution >= 0.6 is 11.3 Å². The highest BCUT2D eigenvalue weighted by Gasteiger charge is 2.38. The molecule has 0 bridgehead atoms. The van der Waals surface area contributed by atoms with Crippen LogP contribution < -0.4 is 11.1 Å². The fourth-order valence-electron chi connectivity index (χ4n) is 2.45. The molecule has 2 heterocycles. The third-order valence-corrected chi connectivity index (χ3v) is 4.27. The van der Waals surface area contributed by atoms with Crippen molar-refractivity contribution in [1.82, 2.24) is 4.98 Å². The summed E-state index contributed by atoms with van der Waals surface area (Å²) in [7, 11) is 0. The van der Waals surface area contributed by atoms with Gasteiger partial charge in [-0.1, -0.05) is 29.5 Å². The summed E-state index contributed by atoms with van der Waals surface area (Å²) in [5, 5.41) is 2.76. The summed E-state index contributed by atoms with van der Waals surface area (Å²) in [5.74, 6) is -0.785. The summed E-state index contributed by atoms with van der Waals surface area (Å²) in [6.45, 7) is 0. The molecule has 110 valence electrons. The number of benzene rings is 1. The third-order valence-electron chi connectivity index (χ3n) is 3.28. The molecule has 0 unspecified atom stereocenters. The van der Waals surface area contributed by atoms with Crippen LogP contribution in [-0.2, 0) is 11.0 Å². The maximum Gasteiger partial charge on any atom is 0.416 e. The topological polar surface area (TPSA) is 68.0 Å². The van der Waals surface area contributed by atoms with Crippen LogP contribution in [0.15, 0.2) is 24.3 Å². The van der Waals surface area contributed by atoms with Gasteiger partial charge in [-0.15, -0.1) is 0 Å². The highest BCUT2D eigenvalue weighted by atomic mass is 32.1. The number of hydrogen-bond acceptors (Lipinski definition) is 4. The minimum absolute atomic E-state index is 0.0538. The van der Waals surface area contributed by atoms with Crippen LogP contribution in [0.25, 0.3) is 0 Å². The first-order chi connectivity index (χ1) is 9.86. The van der Waals surface area contributed by atoms with Crippen LogP contribution in [0.1, 0.15) is 28.3 Å². The molecule has 0 spiro atoms. The molecule has 1 aromatic carbocycles. The monoisotopic (exact) mass is 313 g/mol. The zero-order chi connectivity index (χ0) is 15.2. The van der Waals surface area contributed by atoms with Crippen molar-refractivity contribution in [2.75, 3.05) is 11.1 Å². The maximum atomic E-state index is 13.1. The number of anilines is 2. The van der Waals surface area contributed by atoms with E-state index in [0.717, 1.165) is 17.4 Å². The van der Waals surface area contributed by atoms with Crippen molar-refractivity contribution in [2.24, 2.45) is 0 Å². The van der Waals surface area contributed by atoms with Gasteiger partial charge in [0.1, 0.15) is 5.82 Å². The molecule has 3 N–H and O–H groups in total. The fourth-order valence-corrected chi connectivity index (χ4v) is 3.35. The molecule has 4 nitrogen and oxygen atoms in total. The van der Waals surface area contributed by atoms with Gasteiger partial charge >= 0.3 is 6.18 Å². The van der Waals surface area contributed by atoms with Crippen LogP contribution in [0.2, 0.25) is 0 Å². The lowest BCUT2D eigenvalue weighted by atomic mass is 9.88. The molecule has 0 aliphatic carbocycles. The van der Waals surface area contributed by atoms with Crippen molar-refractivity contribution in [3.8, 4) is 0 Å². The molecule has 0 saturated heterocycles. The van der Waals surface area contributed by atoms with Crippen molar-refractivity contribution in [2.45, 2.75) is 18.5 Å². The van der Waals surface area contributed by atoms with Crippen LogP contribution in [0.3, 0.4) is 0 Å². The predicted molar refractivity (Wildman–Crippen MR) is 73.1 cm³/mol. The number of fused-ring (bicyclic) bond motifs is 1. The van der Waals surface area contributed by atoms with E-state index in [4.69, 9.17) is 5.73 Å². The molecule has 8 heteroatoms. The van der Waals surface area contributed by atoms with E-state index >= 15 is 0 Å². The Morgan fingerprint density at radius 3 is 2.76 bits per heavy atom. The second-order valence-electron chi connectivity index (χ2n) is 4.65. The fraction of sp³-hybridized carbons (Fsp3) is 0.231. The Kier molecular flexibility index (Phi) is 3.12. The number of nitrogens with two attached hydrogens (primary N) is 1. The molecule has 3 rings (SSSR count). The molecule has 1 aromatic heterocycles. The molecule has 1 amide bonds. The third kappa shape index (κ3) is 2.46. The molecule has 2 aromatic rings. The van der Waals surface area contributed by atoms with Crippen molar-refractivity contribution in [3.05, 3.63) is 40.3 Å². The van der Waals surface area contributed by atoms with Gasteiger partial charge in [-0.05, 0) is 11.6 Å². The molecule has 0 radical (unpaired) electrons. The van der Waals surface area contributed by atoms with Gasteiger partial charge in [0, 0.05) is 12.3 Å². The number of carbonyl (C=O) groups excluding carboxylic acids is 1. The lowest BCUT2D eigenvalue weighted by molar-refractivity contribution is -0.138. The van der Waals surface area contributed by atoms with Gasteiger partial charge < -0.3 is 11.1 Å². The quantitative estimate of drug-likeness (QED) is 0.849. The van der Waals surface area contributed by atoms with E-state index in [0.29, 0.717) is 4.88 Å². The minimum atomic E-state index is -4.47. The molecule has 0 saturated carbocycles. The van der Waals surface area contributed by atoms with Crippen LogP contribution in [-0.4, -0.2) is 10.9 Å². The van der Waals surface area contributed by atoms with Crippen LogP contribution in [0.5, 0.6) is 0 Å². The number of nitrogens with zero attached hydrogens (tertiary/aromatic N) is 1. The lowest BCUT2D eigenvalue weighted by Gasteiger charge is -2.24. The summed E-state index contributed by atoms with van der Waals surface area (Å²) >= 11 is 1.10. The standard InChI is InChI=1S/C13H10F3N3OS/c14-13(15,16)8-4-2-1-3-6(8)7-5-9(20)18-11-10(7)21-12(17)19-11/h1-4,7H,5H2,(H2,17,19)(H,18,20)/t7-/m0/s1. The smallest absolute Gasteiger partial charge is 0.375 e. The van der Waals surface area contributed by atoms with E-state index in [-0.39, 0.29) is 28.8 Å². The number of alkyl halides is 3. The largest absolute Gasteiger partial charge is 0.416 e. The van der Waals surface area contributed by atoms with Gasteiger partial charge in [-0.2, -0.15) is 13.2 Å². The minimum Gasteiger partial charge on any atom is -0.375 e. The van der Waals surface area contributed by atoms with Crippen LogP contribution in [0.4, 0.5) is 24.1 Å². The summed E-state index contributed by atoms with van der Waals surface area (Å²) in [5.41, 5.74) is 4.94. The predicted octanol–water partition coefficient (Wildman–Crippen LogP) is 3.22. The van der Waals surface area contributed by atoms with E-state index in [9.17, 15) is 18.0 Å². The molecular weight excluding hydrogens is 303 g/mol. The molecule has 1 aliphatic heterocycles. The Morgan fingerprint density at radius 2 is 2.05 bits per heavy atom. The molecule has 0 fully saturated rings. The van der Waals surface area contributed by atoms with Crippen molar-refractivity contribution < 1.29 is 18.0 Å². The molecule has 1 aliphatic rings. The Morgan fingerprint density at radius 1 is 1.33 bits per heavy atom. The summed E-state index contributed by atoms with van der Waals surface area (Å²) < 4.78 is 39.4. The first-order valence-corrected chi connectivity index (χ1v) is 6.90. The summed E-state index contributed by atoms with van der Waals surface area (Å²) in [6, 6.07) is 5.27. The van der Waals surface area contributed by atoms with Crippen molar-refractivity contribution in [1.29, 1.82) is 0 Å². The highest BCUT2D eigenvalue weighted by molar-refractivity contribution is 7.16. The number of aromatic nitrogens is 1. The maximum absolute atomic E-state index is 13.1. The first-order valence-electron chi connectivity index (χ1n) is 6.08. The average molecular weight is 313 g/mol. The average Bonchev–Trinajstić information content (AvgIpc) is 2.77. The van der Waals surface area contributed by atoms with Crippen LogP contribution in [0, 0.1) is 0 Å². The number of thiazole rings is 1. The Hall–Kier alpha value is -2.09. The molecule has 1 atom stereocenters. The Labute approximate surface area is 121 Å². The number of carbonyl (C=O) groups is 1.